The zero-order chi connectivity index (χ0) is 29.6. The van der Waals surface area contributed by atoms with Gasteiger partial charge in [0.15, 0.2) is 6.29 Å². The number of aromatic nitrogens is 1. The number of aryl methyl sites for hydroxylation is 1. The molecule has 0 saturated heterocycles. The van der Waals surface area contributed by atoms with Gasteiger partial charge in [0.05, 0.1) is 22.3 Å². The lowest BCUT2D eigenvalue weighted by atomic mass is 9.71. The Morgan fingerprint density at radius 3 is 2.67 bits per heavy atom. The highest BCUT2D eigenvalue weighted by molar-refractivity contribution is 7.18. The van der Waals surface area contributed by atoms with Crippen LogP contribution < -0.4 is 10.5 Å². The van der Waals surface area contributed by atoms with Crippen molar-refractivity contribution in [3.05, 3.63) is 57.2 Å². The van der Waals surface area contributed by atoms with E-state index in [0.717, 1.165) is 59.2 Å². The molecule has 8 nitrogen and oxygen atoms in total. The van der Waals surface area contributed by atoms with Crippen molar-refractivity contribution in [1.82, 2.24) is 9.88 Å². The Labute approximate surface area is 244 Å². The van der Waals surface area contributed by atoms with Crippen LogP contribution in [0, 0.1) is 12.3 Å². The van der Waals surface area contributed by atoms with E-state index in [2.05, 4.69) is 4.98 Å². The van der Waals surface area contributed by atoms with Crippen LogP contribution in [0.1, 0.15) is 49.7 Å². The van der Waals surface area contributed by atoms with Crippen molar-refractivity contribution < 1.29 is 19.4 Å². The van der Waals surface area contributed by atoms with Gasteiger partial charge < -0.3 is 20.5 Å². The SMILES string of the molecule is CC(=NC1=C(C=O)C(C)(C)C(N)CC1)N(C)CCOc1ccc(Cl)cc1-c1cc(C)nc2c(C=O)csc12.CO. The Hall–Kier alpha value is -3.11. The molecule has 214 valence electrons. The van der Waals surface area contributed by atoms with Crippen LogP contribution in [0.2, 0.25) is 5.02 Å². The van der Waals surface area contributed by atoms with Gasteiger partial charge >= 0.3 is 0 Å². The number of hydrogen-bond donors (Lipinski definition) is 2. The van der Waals surface area contributed by atoms with Crippen molar-refractivity contribution in [3.63, 3.8) is 0 Å². The number of amidine groups is 1. The molecular formula is C30H37ClN4O4S. The number of aliphatic imine (C=N–C) groups is 1. The summed E-state index contributed by atoms with van der Waals surface area (Å²) < 4.78 is 7.16. The number of nitrogens with zero attached hydrogens (tertiary/aromatic N) is 3. The van der Waals surface area contributed by atoms with Crippen molar-refractivity contribution in [3.8, 4) is 16.9 Å². The number of fused-ring (bicyclic) bond motifs is 1. The number of aliphatic hydroxyl groups excluding tert-OH is 1. The number of nitrogens with two attached hydrogens (primary N) is 1. The lowest BCUT2D eigenvalue weighted by Gasteiger charge is -2.37. The van der Waals surface area contributed by atoms with Gasteiger partial charge in [-0.2, -0.15) is 0 Å². The fourth-order valence-corrected chi connectivity index (χ4v) is 5.86. The molecule has 1 aliphatic carbocycles. The van der Waals surface area contributed by atoms with Crippen LogP contribution in [0.15, 0.2) is 45.9 Å². The molecular weight excluding hydrogens is 548 g/mol. The zero-order valence-electron chi connectivity index (χ0n) is 23.8. The first kappa shape index (κ1) is 31.4. The van der Waals surface area contributed by atoms with Crippen molar-refractivity contribution >= 4 is 51.6 Å². The van der Waals surface area contributed by atoms with E-state index in [1.807, 2.05) is 63.2 Å². The summed E-state index contributed by atoms with van der Waals surface area (Å²) in [6.45, 7) is 8.84. The molecule has 0 bridgehead atoms. The third-order valence-corrected chi connectivity index (χ3v) is 8.57. The number of rotatable bonds is 8. The van der Waals surface area contributed by atoms with Gasteiger partial charge in [0.2, 0.25) is 0 Å². The van der Waals surface area contributed by atoms with E-state index in [4.69, 9.17) is 32.2 Å². The molecule has 2 heterocycles. The Morgan fingerprint density at radius 2 is 2.00 bits per heavy atom. The summed E-state index contributed by atoms with van der Waals surface area (Å²) >= 11 is 7.86. The van der Waals surface area contributed by atoms with E-state index in [-0.39, 0.29) is 6.04 Å². The van der Waals surface area contributed by atoms with E-state index in [9.17, 15) is 9.59 Å². The Balaban J connectivity index is 0.00000216. The summed E-state index contributed by atoms with van der Waals surface area (Å²) in [4.78, 5) is 34.8. The second-order valence-electron chi connectivity index (χ2n) is 10.2. The summed E-state index contributed by atoms with van der Waals surface area (Å²) in [7, 11) is 2.95. The number of allylic oxidation sites excluding steroid dienone is 1. The lowest BCUT2D eigenvalue weighted by molar-refractivity contribution is -0.106. The Morgan fingerprint density at radius 1 is 1.27 bits per heavy atom. The predicted octanol–water partition coefficient (Wildman–Crippen LogP) is 5.68. The van der Waals surface area contributed by atoms with Crippen molar-refractivity contribution in [2.45, 2.75) is 46.6 Å². The van der Waals surface area contributed by atoms with Crippen LogP contribution in [0.25, 0.3) is 21.3 Å². The topological polar surface area (TPSA) is 118 Å². The maximum Gasteiger partial charge on any atom is 0.153 e. The molecule has 4 rings (SSSR count). The molecule has 2 aromatic heterocycles. The molecule has 40 heavy (non-hydrogen) atoms. The van der Waals surface area contributed by atoms with Gasteiger partial charge in [-0.15, -0.1) is 11.3 Å². The summed E-state index contributed by atoms with van der Waals surface area (Å²) in [6, 6.07) is 7.47. The Kier molecular flexibility index (Phi) is 10.6. The predicted molar refractivity (Wildman–Crippen MR) is 164 cm³/mol. The van der Waals surface area contributed by atoms with E-state index < -0.39 is 5.41 Å². The highest BCUT2D eigenvalue weighted by Crippen LogP contribution is 2.40. The summed E-state index contributed by atoms with van der Waals surface area (Å²) in [6.07, 6.45) is 3.21. The fraction of sp³-hybridized carbons (Fsp3) is 0.400. The number of pyridine rings is 1. The molecule has 10 heteroatoms. The molecule has 1 unspecified atom stereocenters. The molecule has 0 saturated carbocycles. The normalized spacial score (nSPS) is 16.8. The number of carbonyl (C=O) groups is 2. The zero-order valence-corrected chi connectivity index (χ0v) is 25.4. The summed E-state index contributed by atoms with van der Waals surface area (Å²) in [5.41, 5.74) is 11.2. The van der Waals surface area contributed by atoms with Crippen LogP contribution in [-0.2, 0) is 4.79 Å². The van der Waals surface area contributed by atoms with Gasteiger partial charge in [-0.1, -0.05) is 25.4 Å². The molecule has 1 atom stereocenters. The first-order valence-electron chi connectivity index (χ1n) is 13.0. The Bertz CT molecular complexity index is 1450. The third kappa shape index (κ3) is 6.61. The minimum atomic E-state index is -0.405. The van der Waals surface area contributed by atoms with E-state index in [1.165, 1.54) is 11.3 Å². The largest absolute Gasteiger partial charge is 0.491 e. The molecule has 0 radical (unpaired) electrons. The second-order valence-corrected chi connectivity index (χ2v) is 11.5. The van der Waals surface area contributed by atoms with E-state index >= 15 is 0 Å². The van der Waals surface area contributed by atoms with Gasteiger partial charge in [-0.05, 0) is 51.0 Å². The number of aliphatic hydroxyl groups is 1. The van der Waals surface area contributed by atoms with Crippen LogP contribution >= 0.6 is 22.9 Å². The molecule has 3 aromatic rings. The van der Waals surface area contributed by atoms with Gasteiger partial charge in [0, 0.05) is 64.1 Å². The molecule has 3 N–H and O–H groups in total. The second kappa shape index (κ2) is 13.5. The number of hydrogen-bond acceptors (Lipinski definition) is 8. The van der Waals surface area contributed by atoms with E-state index in [1.54, 1.807) is 6.07 Å². The average Bonchev–Trinajstić information content (AvgIpc) is 3.35. The van der Waals surface area contributed by atoms with Crippen LogP contribution in [0.3, 0.4) is 0 Å². The van der Waals surface area contributed by atoms with Crippen LogP contribution in [0.4, 0.5) is 0 Å². The maximum absolute atomic E-state index is 11.9. The third-order valence-electron chi connectivity index (χ3n) is 7.31. The number of likely N-dealkylation sites (N-methyl/N-ethyl adjacent to an activating group) is 1. The number of halogens is 1. The minimum absolute atomic E-state index is 0.0636. The van der Waals surface area contributed by atoms with Crippen LogP contribution in [-0.4, -0.2) is 66.7 Å². The highest BCUT2D eigenvalue weighted by Gasteiger charge is 2.36. The average molecular weight is 585 g/mol. The van der Waals surface area contributed by atoms with Crippen molar-refractivity contribution in [2.75, 3.05) is 27.3 Å². The number of aldehydes is 2. The smallest absolute Gasteiger partial charge is 0.153 e. The molecule has 0 fully saturated rings. The van der Waals surface area contributed by atoms with Crippen molar-refractivity contribution in [1.29, 1.82) is 0 Å². The number of carbonyl (C=O) groups excluding carboxylic acids is 2. The summed E-state index contributed by atoms with van der Waals surface area (Å²) in [5, 5.41) is 9.42. The molecule has 1 aliphatic rings. The van der Waals surface area contributed by atoms with Crippen molar-refractivity contribution in [2.24, 2.45) is 16.1 Å². The fourth-order valence-electron chi connectivity index (χ4n) is 4.71. The highest BCUT2D eigenvalue weighted by atomic mass is 35.5. The standard InChI is InChI=1S/C29H33ClN4O3S.CH4O/c1-17-12-22(28-27(32-17)19(14-35)16-38-28)21-13-20(30)6-8-25(21)37-11-10-34(5)18(2)33-24-7-9-26(31)29(3,4)23(24)15-36;1-2/h6,8,12-16,26H,7,9-11,31H2,1-5H3;2H,1H3. The number of ether oxygens (including phenoxy) is 1. The quantitative estimate of drug-likeness (QED) is 0.199. The molecule has 0 aliphatic heterocycles. The maximum atomic E-state index is 11.9. The number of thiophene rings is 1. The van der Waals surface area contributed by atoms with Gasteiger partial charge in [0.1, 0.15) is 24.5 Å². The molecule has 0 amide bonds. The molecule has 1 aromatic carbocycles. The first-order valence-corrected chi connectivity index (χ1v) is 14.2. The molecule has 0 spiro atoms. The number of benzene rings is 1. The van der Waals surface area contributed by atoms with Gasteiger partial charge in [0.25, 0.3) is 0 Å². The van der Waals surface area contributed by atoms with E-state index in [0.29, 0.717) is 47.0 Å². The van der Waals surface area contributed by atoms with Crippen LogP contribution in [0.5, 0.6) is 5.75 Å². The minimum Gasteiger partial charge on any atom is -0.491 e. The lowest BCUT2D eigenvalue weighted by Crippen LogP contribution is -2.42. The van der Waals surface area contributed by atoms with Gasteiger partial charge in [-0.3, -0.25) is 14.6 Å². The monoisotopic (exact) mass is 584 g/mol. The first-order chi connectivity index (χ1) is 19.1. The van der Waals surface area contributed by atoms with Gasteiger partial charge in [-0.25, -0.2) is 4.99 Å². The summed E-state index contributed by atoms with van der Waals surface area (Å²) in [5.74, 6) is 1.50.